The molecule has 1 heterocycles. The number of methoxy groups -OCH3 is 2. The molecule has 2 aromatic rings. The molecule has 6 nitrogen and oxygen atoms in total. The Bertz CT molecular complexity index is 863. The molecule has 3 rings (SSSR count). The molecule has 0 saturated heterocycles. The van der Waals surface area contributed by atoms with Gasteiger partial charge in [0.1, 0.15) is 17.1 Å². The first kappa shape index (κ1) is 18.8. The van der Waals surface area contributed by atoms with Crippen LogP contribution in [0.2, 0.25) is 0 Å². The third-order valence-electron chi connectivity index (χ3n) is 4.70. The van der Waals surface area contributed by atoms with Crippen LogP contribution in [0, 0.1) is 0 Å². The second-order valence-corrected chi connectivity index (χ2v) is 6.50. The monoisotopic (exact) mass is 369 g/mol. The zero-order valence-electron chi connectivity index (χ0n) is 15.9. The lowest BCUT2D eigenvalue weighted by molar-refractivity contribution is -0.126. The number of esters is 1. The molecule has 0 radical (unpaired) electrons. The van der Waals surface area contributed by atoms with Crippen molar-refractivity contribution in [3.05, 3.63) is 53.6 Å². The van der Waals surface area contributed by atoms with Crippen LogP contribution in [0.25, 0.3) is 0 Å². The minimum atomic E-state index is -0.919. The normalized spacial score (nSPS) is 16.4. The standard InChI is InChI=1S/C21H23NO5/c1-13-11-15-7-5-6-8-18(15)22(13)20(23)14(2)27-21(24)17-10-9-16(25-3)12-19(17)26-4/h5-10,12-14H,11H2,1-4H3/t13-,14+/m0/s1. The number of hydrogen-bond acceptors (Lipinski definition) is 5. The molecule has 6 heteroatoms. The fourth-order valence-electron chi connectivity index (χ4n) is 3.34. The van der Waals surface area contributed by atoms with Crippen LogP contribution >= 0.6 is 0 Å². The third kappa shape index (κ3) is 3.60. The Morgan fingerprint density at radius 1 is 1.11 bits per heavy atom. The quantitative estimate of drug-likeness (QED) is 0.757. The lowest BCUT2D eigenvalue weighted by atomic mass is 10.1. The number of para-hydroxylation sites is 1. The molecule has 0 N–H and O–H groups in total. The van der Waals surface area contributed by atoms with Gasteiger partial charge in [-0.05, 0) is 44.0 Å². The first-order valence-corrected chi connectivity index (χ1v) is 8.80. The average molecular weight is 369 g/mol. The van der Waals surface area contributed by atoms with Gasteiger partial charge in [0.15, 0.2) is 6.10 Å². The van der Waals surface area contributed by atoms with Crippen LogP contribution < -0.4 is 14.4 Å². The maximum absolute atomic E-state index is 12.9. The molecule has 0 aromatic heterocycles. The number of ether oxygens (including phenoxy) is 3. The Labute approximate surface area is 158 Å². The first-order chi connectivity index (χ1) is 13.0. The van der Waals surface area contributed by atoms with E-state index in [9.17, 15) is 9.59 Å². The minimum Gasteiger partial charge on any atom is -0.497 e. The van der Waals surface area contributed by atoms with Crippen molar-refractivity contribution in [3.63, 3.8) is 0 Å². The Balaban J connectivity index is 1.76. The second-order valence-electron chi connectivity index (χ2n) is 6.50. The topological polar surface area (TPSA) is 65.1 Å². The highest BCUT2D eigenvalue weighted by Gasteiger charge is 2.34. The van der Waals surface area contributed by atoms with Crippen molar-refractivity contribution < 1.29 is 23.8 Å². The number of benzene rings is 2. The lowest BCUT2D eigenvalue weighted by Crippen LogP contribution is -2.43. The zero-order valence-corrected chi connectivity index (χ0v) is 15.9. The molecule has 2 atom stereocenters. The van der Waals surface area contributed by atoms with Crippen molar-refractivity contribution in [3.8, 4) is 11.5 Å². The number of nitrogens with zero attached hydrogens (tertiary/aromatic N) is 1. The van der Waals surface area contributed by atoms with Gasteiger partial charge < -0.3 is 19.1 Å². The largest absolute Gasteiger partial charge is 0.497 e. The van der Waals surface area contributed by atoms with Gasteiger partial charge in [0, 0.05) is 17.8 Å². The Hall–Kier alpha value is -3.02. The van der Waals surface area contributed by atoms with Gasteiger partial charge >= 0.3 is 5.97 Å². The maximum Gasteiger partial charge on any atom is 0.342 e. The van der Waals surface area contributed by atoms with Crippen molar-refractivity contribution in [2.45, 2.75) is 32.4 Å². The molecule has 0 unspecified atom stereocenters. The Morgan fingerprint density at radius 3 is 2.56 bits per heavy atom. The summed E-state index contributed by atoms with van der Waals surface area (Å²) >= 11 is 0. The fourth-order valence-corrected chi connectivity index (χ4v) is 3.34. The van der Waals surface area contributed by atoms with Crippen LogP contribution in [0.5, 0.6) is 11.5 Å². The highest BCUT2D eigenvalue weighted by molar-refractivity contribution is 6.01. The summed E-state index contributed by atoms with van der Waals surface area (Å²) in [7, 11) is 2.99. The molecule has 0 spiro atoms. The summed E-state index contributed by atoms with van der Waals surface area (Å²) in [6.07, 6.45) is -0.132. The van der Waals surface area contributed by atoms with Crippen LogP contribution in [0.1, 0.15) is 29.8 Å². The average Bonchev–Trinajstić information content (AvgIpc) is 3.02. The van der Waals surface area contributed by atoms with E-state index in [4.69, 9.17) is 14.2 Å². The molecule has 0 bridgehead atoms. The van der Waals surface area contributed by atoms with Gasteiger partial charge in [-0.25, -0.2) is 4.79 Å². The van der Waals surface area contributed by atoms with Crippen molar-refractivity contribution in [2.75, 3.05) is 19.1 Å². The van der Waals surface area contributed by atoms with E-state index in [2.05, 4.69) is 0 Å². The van der Waals surface area contributed by atoms with Crippen LogP contribution in [0.3, 0.4) is 0 Å². The Kier molecular flexibility index (Phi) is 5.35. The molecule has 1 aliphatic heterocycles. The van der Waals surface area contributed by atoms with E-state index in [0.717, 1.165) is 17.7 Å². The van der Waals surface area contributed by atoms with Crippen LogP contribution in [0.15, 0.2) is 42.5 Å². The molecular formula is C21H23NO5. The van der Waals surface area contributed by atoms with Gasteiger partial charge in [0.05, 0.1) is 14.2 Å². The molecule has 2 aromatic carbocycles. The molecule has 1 amide bonds. The van der Waals surface area contributed by atoms with Gasteiger partial charge in [0.2, 0.25) is 0 Å². The molecular weight excluding hydrogens is 346 g/mol. The van der Waals surface area contributed by atoms with E-state index < -0.39 is 12.1 Å². The predicted octanol–water partition coefficient (Wildman–Crippen LogP) is 3.23. The number of hydrogen-bond donors (Lipinski definition) is 0. The fraction of sp³-hybridized carbons (Fsp3) is 0.333. The van der Waals surface area contributed by atoms with E-state index in [1.54, 1.807) is 30.0 Å². The summed E-state index contributed by atoms with van der Waals surface area (Å²) < 4.78 is 15.8. The van der Waals surface area contributed by atoms with E-state index in [0.29, 0.717) is 11.5 Å². The van der Waals surface area contributed by atoms with Crippen LogP contribution in [-0.2, 0) is 16.0 Å². The third-order valence-corrected chi connectivity index (χ3v) is 4.70. The lowest BCUT2D eigenvalue weighted by Gasteiger charge is -2.26. The number of rotatable bonds is 5. The summed E-state index contributed by atoms with van der Waals surface area (Å²) in [4.78, 5) is 27.2. The molecule has 0 fully saturated rings. The molecule has 1 aliphatic rings. The molecule has 27 heavy (non-hydrogen) atoms. The molecule has 0 aliphatic carbocycles. The summed E-state index contributed by atoms with van der Waals surface area (Å²) in [5.41, 5.74) is 2.24. The van der Waals surface area contributed by atoms with E-state index in [-0.39, 0.29) is 17.5 Å². The molecule has 142 valence electrons. The number of carbonyl (C=O) groups is 2. The highest BCUT2D eigenvalue weighted by atomic mass is 16.5. The number of carbonyl (C=O) groups excluding carboxylic acids is 2. The SMILES string of the molecule is COc1ccc(C(=O)O[C@H](C)C(=O)N2c3ccccc3C[C@@H]2C)c(OC)c1. The second kappa shape index (κ2) is 7.70. The minimum absolute atomic E-state index is 0.0200. The first-order valence-electron chi connectivity index (χ1n) is 8.80. The zero-order chi connectivity index (χ0) is 19.6. The van der Waals surface area contributed by atoms with Crippen LogP contribution in [0.4, 0.5) is 5.69 Å². The summed E-state index contributed by atoms with van der Waals surface area (Å²) in [6.45, 7) is 3.57. The van der Waals surface area contributed by atoms with Gasteiger partial charge in [-0.1, -0.05) is 18.2 Å². The Morgan fingerprint density at radius 2 is 1.85 bits per heavy atom. The van der Waals surface area contributed by atoms with Gasteiger partial charge in [-0.15, -0.1) is 0 Å². The van der Waals surface area contributed by atoms with Gasteiger partial charge in [-0.2, -0.15) is 0 Å². The van der Waals surface area contributed by atoms with Crippen molar-refractivity contribution in [1.29, 1.82) is 0 Å². The summed E-state index contributed by atoms with van der Waals surface area (Å²) in [5, 5.41) is 0. The smallest absolute Gasteiger partial charge is 0.342 e. The van der Waals surface area contributed by atoms with Crippen molar-refractivity contribution >= 4 is 17.6 Å². The van der Waals surface area contributed by atoms with Crippen LogP contribution in [-0.4, -0.2) is 38.2 Å². The number of anilines is 1. The van der Waals surface area contributed by atoms with E-state index in [1.807, 2.05) is 31.2 Å². The summed E-state index contributed by atoms with van der Waals surface area (Å²) in [5.74, 6) is 0.0395. The predicted molar refractivity (Wildman–Crippen MR) is 102 cm³/mol. The highest BCUT2D eigenvalue weighted by Crippen LogP contribution is 2.33. The summed E-state index contributed by atoms with van der Waals surface area (Å²) in [6, 6.07) is 12.6. The van der Waals surface area contributed by atoms with Gasteiger partial charge in [0.25, 0.3) is 5.91 Å². The number of amides is 1. The van der Waals surface area contributed by atoms with Crippen molar-refractivity contribution in [1.82, 2.24) is 0 Å². The van der Waals surface area contributed by atoms with Crippen molar-refractivity contribution in [2.24, 2.45) is 0 Å². The van der Waals surface area contributed by atoms with E-state index >= 15 is 0 Å². The molecule has 0 saturated carbocycles. The maximum atomic E-state index is 12.9. The van der Waals surface area contributed by atoms with E-state index in [1.165, 1.54) is 14.2 Å². The number of fused-ring (bicyclic) bond motifs is 1. The van der Waals surface area contributed by atoms with Gasteiger partial charge in [-0.3, -0.25) is 4.79 Å².